The van der Waals surface area contributed by atoms with Crippen molar-refractivity contribution in [3.05, 3.63) is 24.3 Å². The molecule has 1 unspecified atom stereocenters. The molecule has 0 amide bonds. The van der Waals surface area contributed by atoms with E-state index in [1.807, 2.05) is 30.9 Å². The molecule has 2 rings (SSSR count). The summed E-state index contributed by atoms with van der Waals surface area (Å²) >= 11 is 1.90. The summed E-state index contributed by atoms with van der Waals surface area (Å²) in [5, 5.41) is 6.96. The standard InChI is InChI=1S/C18H30N4OS.HI/c1-19-18(20-11-6-7-13-24-3)21-15-10-12-22(14-15)16-8-4-5-9-17(16)23-2;/h4-5,8-9,15H,6-7,10-14H2,1-3H3,(H2,19,20,21);1H. The molecule has 1 atom stereocenters. The summed E-state index contributed by atoms with van der Waals surface area (Å²) in [4.78, 5) is 6.72. The fraction of sp³-hybridized carbons (Fsp3) is 0.611. The Bertz CT molecular complexity index is 530. The molecule has 0 radical (unpaired) electrons. The Morgan fingerprint density at radius 2 is 2.16 bits per heavy atom. The molecular weight excluding hydrogens is 447 g/mol. The van der Waals surface area contributed by atoms with Crippen LogP contribution in [0.25, 0.3) is 0 Å². The van der Waals surface area contributed by atoms with Crippen molar-refractivity contribution in [3.8, 4) is 5.75 Å². The first-order valence-electron chi connectivity index (χ1n) is 8.62. The Kier molecular flexibility index (Phi) is 11.1. The lowest BCUT2D eigenvalue weighted by molar-refractivity contribution is 0.415. The lowest BCUT2D eigenvalue weighted by Crippen LogP contribution is -2.44. The number of unbranched alkanes of at least 4 members (excludes halogenated alkanes) is 1. The summed E-state index contributed by atoms with van der Waals surface area (Å²) in [6.45, 7) is 2.97. The zero-order valence-corrected chi connectivity index (χ0v) is 18.6. The number of aliphatic imine (C=N–C) groups is 1. The van der Waals surface area contributed by atoms with Crippen LogP contribution in [0, 0.1) is 0 Å². The van der Waals surface area contributed by atoms with Gasteiger partial charge in [-0.1, -0.05) is 12.1 Å². The fourth-order valence-electron chi connectivity index (χ4n) is 2.95. The van der Waals surface area contributed by atoms with Crippen molar-refractivity contribution in [1.82, 2.24) is 10.6 Å². The van der Waals surface area contributed by atoms with Gasteiger partial charge in [0.15, 0.2) is 5.96 Å². The average Bonchev–Trinajstić information content (AvgIpc) is 3.08. The first-order valence-corrected chi connectivity index (χ1v) is 10.0. The van der Waals surface area contributed by atoms with E-state index in [-0.39, 0.29) is 24.0 Å². The van der Waals surface area contributed by atoms with Gasteiger partial charge in [0, 0.05) is 32.7 Å². The Labute approximate surface area is 173 Å². The molecule has 7 heteroatoms. The van der Waals surface area contributed by atoms with Crippen molar-refractivity contribution in [2.75, 3.05) is 50.7 Å². The van der Waals surface area contributed by atoms with E-state index < -0.39 is 0 Å². The molecule has 25 heavy (non-hydrogen) atoms. The van der Waals surface area contributed by atoms with Gasteiger partial charge < -0.3 is 20.3 Å². The number of hydrogen-bond donors (Lipinski definition) is 2. The third-order valence-corrected chi connectivity index (χ3v) is 4.94. The van der Waals surface area contributed by atoms with Crippen molar-refractivity contribution < 1.29 is 4.74 Å². The number of methoxy groups -OCH3 is 1. The van der Waals surface area contributed by atoms with Crippen molar-refractivity contribution >= 4 is 47.4 Å². The first-order chi connectivity index (χ1) is 11.8. The van der Waals surface area contributed by atoms with Gasteiger partial charge in [0.05, 0.1) is 12.8 Å². The molecule has 1 aliphatic heterocycles. The van der Waals surface area contributed by atoms with Crippen LogP contribution in [0.2, 0.25) is 0 Å². The molecule has 1 heterocycles. The van der Waals surface area contributed by atoms with Gasteiger partial charge >= 0.3 is 0 Å². The molecule has 1 aromatic carbocycles. The molecule has 1 aromatic rings. The van der Waals surface area contributed by atoms with E-state index in [1.165, 1.54) is 24.3 Å². The van der Waals surface area contributed by atoms with Crippen LogP contribution in [0.5, 0.6) is 5.75 Å². The van der Waals surface area contributed by atoms with Gasteiger partial charge in [0.25, 0.3) is 0 Å². The first kappa shape index (κ1) is 22.2. The molecule has 5 nitrogen and oxygen atoms in total. The van der Waals surface area contributed by atoms with Crippen LogP contribution in [0.4, 0.5) is 5.69 Å². The second-order valence-corrected chi connectivity index (χ2v) is 6.93. The summed E-state index contributed by atoms with van der Waals surface area (Å²) in [5.41, 5.74) is 1.17. The molecule has 1 fully saturated rings. The molecule has 0 spiro atoms. The van der Waals surface area contributed by atoms with E-state index in [0.29, 0.717) is 6.04 Å². The van der Waals surface area contributed by atoms with Crippen LogP contribution in [-0.4, -0.2) is 57.8 Å². The number of rotatable bonds is 8. The highest BCUT2D eigenvalue weighted by molar-refractivity contribution is 14.0. The number of benzene rings is 1. The lowest BCUT2D eigenvalue weighted by Gasteiger charge is -2.22. The van der Waals surface area contributed by atoms with Gasteiger partial charge in [-0.3, -0.25) is 4.99 Å². The largest absolute Gasteiger partial charge is 0.495 e. The van der Waals surface area contributed by atoms with Gasteiger partial charge in [-0.05, 0) is 43.4 Å². The summed E-state index contributed by atoms with van der Waals surface area (Å²) in [6.07, 6.45) is 5.68. The van der Waals surface area contributed by atoms with E-state index in [0.717, 1.165) is 37.8 Å². The monoisotopic (exact) mass is 478 g/mol. The fourth-order valence-corrected chi connectivity index (χ4v) is 3.45. The predicted octanol–water partition coefficient (Wildman–Crippen LogP) is 3.20. The van der Waals surface area contributed by atoms with Crippen molar-refractivity contribution in [2.45, 2.75) is 25.3 Å². The molecule has 1 saturated heterocycles. The van der Waals surface area contributed by atoms with E-state index in [4.69, 9.17) is 4.74 Å². The highest BCUT2D eigenvalue weighted by atomic mass is 127. The number of thioether (sulfide) groups is 1. The second-order valence-electron chi connectivity index (χ2n) is 5.95. The van der Waals surface area contributed by atoms with E-state index in [9.17, 15) is 0 Å². The molecule has 0 saturated carbocycles. The molecule has 0 aliphatic carbocycles. The van der Waals surface area contributed by atoms with Crippen LogP contribution in [-0.2, 0) is 0 Å². The van der Waals surface area contributed by atoms with Gasteiger partial charge in [0.1, 0.15) is 5.75 Å². The number of para-hydroxylation sites is 2. The Morgan fingerprint density at radius 3 is 2.88 bits per heavy atom. The normalized spacial score (nSPS) is 17.2. The van der Waals surface area contributed by atoms with E-state index in [1.54, 1.807) is 7.11 Å². The number of nitrogens with one attached hydrogen (secondary N) is 2. The second kappa shape index (κ2) is 12.5. The Morgan fingerprint density at radius 1 is 1.36 bits per heavy atom. The third kappa shape index (κ3) is 7.13. The number of anilines is 1. The SMILES string of the molecule is CN=C(NCCCCSC)NC1CCN(c2ccccc2OC)C1.I. The zero-order valence-electron chi connectivity index (χ0n) is 15.5. The van der Waals surface area contributed by atoms with Crippen molar-refractivity contribution in [3.63, 3.8) is 0 Å². The molecule has 1 aliphatic rings. The molecule has 2 N–H and O–H groups in total. The van der Waals surface area contributed by atoms with Gasteiger partial charge in [0.2, 0.25) is 0 Å². The van der Waals surface area contributed by atoms with Crippen LogP contribution in [0.1, 0.15) is 19.3 Å². The van der Waals surface area contributed by atoms with Crippen LogP contribution in [0.3, 0.4) is 0 Å². The number of hydrogen-bond acceptors (Lipinski definition) is 4. The predicted molar refractivity (Wildman–Crippen MR) is 121 cm³/mol. The van der Waals surface area contributed by atoms with Gasteiger partial charge in [-0.2, -0.15) is 11.8 Å². The van der Waals surface area contributed by atoms with Crippen molar-refractivity contribution in [2.24, 2.45) is 4.99 Å². The van der Waals surface area contributed by atoms with Gasteiger partial charge in [-0.15, -0.1) is 24.0 Å². The van der Waals surface area contributed by atoms with Crippen LogP contribution < -0.4 is 20.3 Å². The number of halogens is 1. The minimum atomic E-state index is 0. The molecular formula is C18H31IN4OS. The Hall–Kier alpha value is -0.830. The van der Waals surface area contributed by atoms with Crippen LogP contribution >= 0.6 is 35.7 Å². The Balaban J connectivity index is 0.00000312. The summed E-state index contributed by atoms with van der Waals surface area (Å²) in [7, 11) is 3.57. The lowest BCUT2D eigenvalue weighted by atomic mass is 10.2. The third-order valence-electron chi connectivity index (χ3n) is 4.25. The maximum atomic E-state index is 5.48. The maximum Gasteiger partial charge on any atom is 0.191 e. The topological polar surface area (TPSA) is 48.9 Å². The highest BCUT2D eigenvalue weighted by Gasteiger charge is 2.25. The highest BCUT2D eigenvalue weighted by Crippen LogP contribution is 2.30. The smallest absolute Gasteiger partial charge is 0.191 e. The van der Waals surface area contributed by atoms with E-state index in [2.05, 4.69) is 38.9 Å². The molecule has 0 aromatic heterocycles. The maximum absolute atomic E-state index is 5.48. The van der Waals surface area contributed by atoms with Crippen LogP contribution in [0.15, 0.2) is 29.3 Å². The minimum Gasteiger partial charge on any atom is -0.495 e. The summed E-state index contributed by atoms with van der Waals surface area (Å²) in [6, 6.07) is 8.63. The minimum absolute atomic E-state index is 0. The number of ether oxygens (including phenoxy) is 1. The average molecular weight is 478 g/mol. The quantitative estimate of drug-likeness (QED) is 0.260. The van der Waals surface area contributed by atoms with E-state index >= 15 is 0 Å². The number of nitrogens with zero attached hydrogens (tertiary/aromatic N) is 2. The summed E-state index contributed by atoms with van der Waals surface area (Å²) in [5.74, 6) is 3.07. The molecule has 0 bridgehead atoms. The van der Waals surface area contributed by atoms with Gasteiger partial charge in [-0.25, -0.2) is 0 Å². The zero-order chi connectivity index (χ0) is 17.2. The molecule has 142 valence electrons. The van der Waals surface area contributed by atoms with Crippen molar-refractivity contribution in [1.29, 1.82) is 0 Å². The summed E-state index contributed by atoms with van der Waals surface area (Å²) < 4.78 is 5.48. The number of guanidine groups is 1.